The molecule has 0 spiro atoms. The van der Waals surface area contributed by atoms with Gasteiger partial charge in [0, 0.05) is 11.4 Å². The van der Waals surface area contributed by atoms with Crippen molar-refractivity contribution < 1.29 is 17.6 Å². The van der Waals surface area contributed by atoms with E-state index >= 15 is 0 Å². The summed E-state index contributed by atoms with van der Waals surface area (Å²) in [6, 6.07) is 12.5. The number of benzene rings is 1. The first-order valence-corrected chi connectivity index (χ1v) is 9.25. The van der Waals surface area contributed by atoms with Gasteiger partial charge in [0.15, 0.2) is 5.76 Å². The molecule has 1 amide bonds. The van der Waals surface area contributed by atoms with E-state index in [4.69, 9.17) is 4.42 Å². The highest BCUT2D eigenvalue weighted by atomic mass is 32.2. The number of carbonyl (C=O) groups is 1. The molecule has 2 N–H and O–H groups in total. The van der Waals surface area contributed by atoms with Crippen molar-refractivity contribution in [3.05, 3.63) is 71.8 Å². The minimum absolute atomic E-state index is 0.0643. The smallest absolute Gasteiger partial charge is 0.291 e. The first-order valence-electron chi connectivity index (χ1n) is 7.76. The molecule has 0 aliphatic rings. The number of hydrogen-bond donors (Lipinski definition) is 2. The van der Waals surface area contributed by atoms with Gasteiger partial charge in [0.2, 0.25) is 0 Å². The topological polar surface area (TPSA) is 101 Å². The van der Waals surface area contributed by atoms with Gasteiger partial charge in [0.05, 0.1) is 11.2 Å². The van der Waals surface area contributed by atoms with Crippen LogP contribution in [0, 0.1) is 13.8 Å². The van der Waals surface area contributed by atoms with Crippen LogP contribution in [-0.2, 0) is 10.0 Å². The molecule has 2 aromatic heterocycles. The molecule has 3 aromatic rings. The number of furan rings is 1. The summed E-state index contributed by atoms with van der Waals surface area (Å²) in [7, 11) is -3.78. The van der Waals surface area contributed by atoms with Crippen molar-refractivity contribution in [2.75, 3.05) is 10.0 Å². The van der Waals surface area contributed by atoms with Crippen molar-refractivity contribution in [3.63, 3.8) is 0 Å². The van der Waals surface area contributed by atoms with Gasteiger partial charge in [0.1, 0.15) is 5.82 Å². The zero-order chi connectivity index (χ0) is 18.7. The molecule has 7 nitrogen and oxygen atoms in total. The fourth-order valence-corrected chi connectivity index (χ4v) is 3.40. The molecule has 3 rings (SSSR count). The van der Waals surface area contributed by atoms with E-state index in [1.807, 2.05) is 13.0 Å². The molecule has 0 saturated carbocycles. The van der Waals surface area contributed by atoms with Crippen LogP contribution in [0.25, 0.3) is 0 Å². The molecule has 8 heteroatoms. The third kappa shape index (κ3) is 4.09. The van der Waals surface area contributed by atoms with Gasteiger partial charge in [-0.2, -0.15) is 0 Å². The lowest BCUT2D eigenvalue weighted by atomic mass is 10.2. The molecule has 0 unspecified atom stereocenters. The molecule has 0 fully saturated rings. The van der Waals surface area contributed by atoms with Gasteiger partial charge in [-0.3, -0.25) is 9.52 Å². The summed E-state index contributed by atoms with van der Waals surface area (Å²) in [5.41, 5.74) is 2.08. The molecule has 0 aliphatic carbocycles. The second-order valence-corrected chi connectivity index (χ2v) is 7.41. The zero-order valence-electron chi connectivity index (χ0n) is 14.2. The van der Waals surface area contributed by atoms with Crippen LogP contribution in [0.1, 0.15) is 21.8 Å². The maximum Gasteiger partial charge on any atom is 0.291 e. The number of pyridine rings is 1. The predicted octanol–water partition coefficient (Wildman–Crippen LogP) is 3.34. The molecule has 26 heavy (non-hydrogen) atoms. The van der Waals surface area contributed by atoms with Crippen LogP contribution in [-0.4, -0.2) is 19.3 Å². The Labute approximate surface area is 151 Å². The Morgan fingerprint density at radius 2 is 1.81 bits per heavy atom. The molecule has 134 valence electrons. The first-order chi connectivity index (χ1) is 12.3. The highest BCUT2D eigenvalue weighted by Gasteiger charge is 2.16. The third-order valence-corrected chi connectivity index (χ3v) is 4.87. The van der Waals surface area contributed by atoms with E-state index in [1.54, 1.807) is 19.1 Å². The van der Waals surface area contributed by atoms with E-state index < -0.39 is 15.9 Å². The van der Waals surface area contributed by atoms with Crippen molar-refractivity contribution in [3.8, 4) is 0 Å². The Bertz CT molecular complexity index is 1010. The summed E-state index contributed by atoms with van der Waals surface area (Å²) < 4.78 is 32.4. The Balaban J connectivity index is 1.75. The number of hydrogen-bond acceptors (Lipinski definition) is 5. The number of anilines is 2. The monoisotopic (exact) mass is 371 g/mol. The molecular weight excluding hydrogens is 354 g/mol. The Morgan fingerprint density at radius 1 is 1.08 bits per heavy atom. The van der Waals surface area contributed by atoms with Crippen molar-refractivity contribution in [2.45, 2.75) is 18.7 Å². The summed E-state index contributed by atoms with van der Waals surface area (Å²) in [4.78, 5) is 16.2. The van der Waals surface area contributed by atoms with Gasteiger partial charge in [-0.05, 0) is 67.9 Å². The number of nitrogens with one attached hydrogen (secondary N) is 2. The average Bonchev–Trinajstić information content (AvgIpc) is 3.08. The van der Waals surface area contributed by atoms with Crippen LogP contribution >= 0.6 is 0 Å². The first kappa shape index (κ1) is 17.7. The molecule has 2 heterocycles. The van der Waals surface area contributed by atoms with Gasteiger partial charge >= 0.3 is 0 Å². The van der Waals surface area contributed by atoms with Crippen LogP contribution < -0.4 is 10.0 Å². The van der Waals surface area contributed by atoms with Crippen molar-refractivity contribution in [1.29, 1.82) is 0 Å². The normalized spacial score (nSPS) is 11.2. The molecule has 0 aliphatic heterocycles. The summed E-state index contributed by atoms with van der Waals surface area (Å²) in [5, 5.41) is 2.63. The van der Waals surface area contributed by atoms with E-state index in [1.165, 1.54) is 36.6 Å². The minimum atomic E-state index is -3.78. The number of rotatable bonds is 5. The number of sulfonamides is 1. The lowest BCUT2D eigenvalue weighted by Crippen LogP contribution is -2.15. The Morgan fingerprint density at radius 3 is 2.42 bits per heavy atom. The minimum Gasteiger partial charge on any atom is -0.459 e. The standard InChI is InChI=1S/C18H17N3O4S/c1-12-10-13(2)19-17(11-12)21-26(23,24)15-7-5-14(6-8-15)20-18(22)16-4-3-9-25-16/h3-11H,1-2H3,(H,19,21)(H,20,22). The van der Waals surface area contributed by atoms with E-state index in [-0.39, 0.29) is 16.5 Å². The number of nitrogens with zero attached hydrogens (tertiary/aromatic N) is 1. The van der Waals surface area contributed by atoms with Crippen molar-refractivity contribution >= 4 is 27.4 Å². The molecule has 0 saturated heterocycles. The lowest BCUT2D eigenvalue weighted by Gasteiger charge is -2.10. The van der Waals surface area contributed by atoms with Gasteiger partial charge in [-0.1, -0.05) is 0 Å². The average molecular weight is 371 g/mol. The summed E-state index contributed by atoms with van der Waals surface area (Å²) >= 11 is 0. The van der Waals surface area contributed by atoms with Crippen molar-refractivity contribution in [2.24, 2.45) is 0 Å². The van der Waals surface area contributed by atoms with E-state index in [2.05, 4.69) is 15.0 Å². The van der Waals surface area contributed by atoms with Gasteiger partial charge in [-0.25, -0.2) is 13.4 Å². The number of amides is 1. The number of aromatic nitrogens is 1. The fourth-order valence-electron chi connectivity index (χ4n) is 2.41. The molecule has 0 radical (unpaired) electrons. The van der Waals surface area contributed by atoms with Crippen LogP contribution in [0.3, 0.4) is 0 Å². The van der Waals surface area contributed by atoms with Crippen LogP contribution in [0.15, 0.2) is 64.1 Å². The van der Waals surface area contributed by atoms with E-state index in [0.29, 0.717) is 5.69 Å². The third-order valence-electron chi connectivity index (χ3n) is 3.50. The molecule has 0 atom stereocenters. The predicted molar refractivity (Wildman–Crippen MR) is 97.6 cm³/mol. The maximum absolute atomic E-state index is 12.5. The summed E-state index contributed by atoms with van der Waals surface area (Å²) in [5.74, 6) is 0.0186. The van der Waals surface area contributed by atoms with Crippen LogP contribution in [0.2, 0.25) is 0 Å². The Hall–Kier alpha value is -3.13. The van der Waals surface area contributed by atoms with Gasteiger partial charge in [0.25, 0.3) is 15.9 Å². The second kappa shape index (κ2) is 7.01. The van der Waals surface area contributed by atoms with Crippen molar-refractivity contribution in [1.82, 2.24) is 4.98 Å². The second-order valence-electron chi connectivity index (χ2n) is 5.73. The zero-order valence-corrected chi connectivity index (χ0v) is 15.0. The molecule has 0 bridgehead atoms. The van der Waals surface area contributed by atoms with Crippen LogP contribution in [0.4, 0.5) is 11.5 Å². The fraction of sp³-hybridized carbons (Fsp3) is 0.111. The Kier molecular flexibility index (Phi) is 4.77. The number of aryl methyl sites for hydroxylation is 2. The maximum atomic E-state index is 12.5. The van der Waals surface area contributed by atoms with Gasteiger partial charge < -0.3 is 9.73 Å². The molecule has 1 aromatic carbocycles. The largest absolute Gasteiger partial charge is 0.459 e. The van der Waals surface area contributed by atoms with Gasteiger partial charge in [-0.15, -0.1) is 0 Å². The van der Waals surface area contributed by atoms with Crippen LogP contribution in [0.5, 0.6) is 0 Å². The number of carbonyl (C=O) groups excluding carboxylic acids is 1. The lowest BCUT2D eigenvalue weighted by molar-refractivity contribution is 0.0996. The van der Waals surface area contributed by atoms with E-state index in [0.717, 1.165) is 11.3 Å². The SMILES string of the molecule is Cc1cc(C)nc(NS(=O)(=O)c2ccc(NC(=O)c3ccco3)cc2)c1. The molecular formula is C18H17N3O4S. The summed E-state index contributed by atoms with van der Waals surface area (Å²) in [6.45, 7) is 3.66. The quantitative estimate of drug-likeness (QED) is 0.716. The summed E-state index contributed by atoms with van der Waals surface area (Å²) in [6.07, 6.45) is 1.40. The highest BCUT2D eigenvalue weighted by Crippen LogP contribution is 2.19. The highest BCUT2D eigenvalue weighted by molar-refractivity contribution is 7.92. The van der Waals surface area contributed by atoms with E-state index in [9.17, 15) is 13.2 Å².